The second-order valence-corrected chi connectivity index (χ2v) is 2.91. The summed E-state index contributed by atoms with van der Waals surface area (Å²) in [5.41, 5.74) is 0. The van der Waals surface area contributed by atoms with Crippen molar-refractivity contribution in [1.82, 2.24) is 20.4 Å². The summed E-state index contributed by atoms with van der Waals surface area (Å²) in [4.78, 5) is 16.8. The lowest BCUT2D eigenvalue weighted by Gasteiger charge is -2.14. The van der Waals surface area contributed by atoms with Crippen LogP contribution in [0.3, 0.4) is 0 Å². The Balaban J connectivity index is 2.37. The number of nitrogens with one attached hydrogen (secondary N) is 1. The Morgan fingerprint density at radius 2 is 2.36 bits per heavy atom. The van der Waals surface area contributed by atoms with Gasteiger partial charge in [0.05, 0.1) is 6.54 Å². The molecule has 0 aliphatic heterocycles. The maximum Gasteiger partial charge on any atom is 0.317 e. The van der Waals surface area contributed by atoms with Gasteiger partial charge in [0, 0.05) is 13.6 Å². The van der Waals surface area contributed by atoms with Gasteiger partial charge in [-0.1, -0.05) is 5.16 Å². The lowest BCUT2D eigenvalue weighted by atomic mass is 10.6. The molecule has 0 atom stereocenters. The van der Waals surface area contributed by atoms with Crippen LogP contribution in [-0.4, -0.2) is 34.7 Å². The van der Waals surface area contributed by atoms with Crippen LogP contribution in [-0.2, 0) is 6.54 Å². The van der Waals surface area contributed by atoms with Gasteiger partial charge in [-0.15, -0.1) is 0 Å². The third kappa shape index (κ3) is 2.72. The molecule has 0 aliphatic rings. The van der Waals surface area contributed by atoms with Crippen LogP contribution in [0, 0.1) is 6.92 Å². The summed E-state index contributed by atoms with van der Waals surface area (Å²) in [6.07, 6.45) is 0. The van der Waals surface area contributed by atoms with Crippen LogP contribution in [0.15, 0.2) is 4.52 Å². The van der Waals surface area contributed by atoms with E-state index in [-0.39, 0.29) is 12.6 Å². The number of aryl methyl sites for hydroxylation is 1. The Labute approximate surface area is 82.3 Å². The first kappa shape index (κ1) is 10.5. The Kier molecular flexibility index (Phi) is 3.44. The van der Waals surface area contributed by atoms with Crippen LogP contribution in [0.5, 0.6) is 0 Å². The molecular weight excluding hydrogens is 184 g/mol. The zero-order chi connectivity index (χ0) is 10.6. The highest BCUT2D eigenvalue weighted by Crippen LogP contribution is 1.95. The van der Waals surface area contributed by atoms with Crippen molar-refractivity contribution in [3.05, 3.63) is 11.7 Å². The zero-order valence-corrected chi connectivity index (χ0v) is 8.57. The van der Waals surface area contributed by atoms with Crippen LogP contribution in [0.4, 0.5) is 4.79 Å². The van der Waals surface area contributed by atoms with Gasteiger partial charge in [-0.05, 0) is 13.8 Å². The summed E-state index contributed by atoms with van der Waals surface area (Å²) in [7, 11) is 1.72. The number of urea groups is 1. The number of rotatable bonds is 3. The molecule has 0 unspecified atom stereocenters. The van der Waals surface area contributed by atoms with Crippen molar-refractivity contribution in [3.8, 4) is 0 Å². The molecule has 0 fully saturated rings. The van der Waals surface area contributed by atoms with Crippen LogP contribution < -0.4 is 5.32 Å². The molecule has 1 aromatic heterocycles. The molecule has 0 aromatic carbocycles. The Hall–Kier alpha value is -1.59. The number of hydrogen-bond acceptors (Lipinski definition) is 4. The van der Waals surface area contributed by atoms with Crippen molar-refractivity contribution < 1.29 is 9.32 Å². The molecule has 1 rings (SSSR count). The van der Waals surface area contributed by atoms with E-state index >= 15 is 0 Å². The van der Waals surface area contributed by atoms with Gasteiger partial charge in [-0.25, -0.2) is 4.79 Å². The van der Waals surface area contributed by atoms with Crippen LogP contribution >= 0.6 is 0 Å². The number of nitrogens with zero attached hydrogens (tertiary/aromatic N) is 3. The summed E-state index contributed by atoms with van der Waals surface area (Å²) in [6.45, 7) is 4.56. The van der Waals surface area contributed by atoms with Crippen LogP contribution in [0.2, 0.25) is 0 Å². The second-order valence-electron chi connectivity index (χ2n) is 2.91. The van der Waals surface area contributed by atoms with E-state index in [9.17, 15) is 4.79 Å². The predicted molar refractivity (Wildman–Crippen MR) is 49.6 cm³/mol. The number of carbonyl (C=O) groups excluding carboxylic acids is 1. The van der Waals surface area contributed by atoms with Gasteiger partial charge in [0.25, 0.3) is 0 Å². The second kappa shape index (κ2) is 4.59. The summed E-state index contributed by atoms with van der Waals surface area (Å²) in [6, 6.07) is -0.150. The highest BCUT2D eigenvalue weighted by molar-refractivity contribution is 5.73. The smallest absolute Gasteiger partial charge is 0.317 e. The first-order valence-corrected chi connectivity index (χ1v) is 4.41. The number of hydrogen-bond donors (Lipinski definition) is 1. The SMILES string of the molecule is CCN(C)C(=O)NCc1nc(C)no1. The van der Waals surface area contributed by atoms with Gasteiger partial charge in [0.1, 0.15) is 0 Å². The minimum Gasteiger partial charge on any atom is -0.337 e. The summed E-state index contributed by atoms with van der Waals surface area (Å²) >= 11 is 0. The van der Waals surface area contributed by atoms with Gasteiger partial charge >= 0.3 is 6.03 Å². The fourth-order valence-electron chi connectivity index (χ4n) is 0.842. The molecule has 1 N–H and O–H groups in total. The van der Waals surface area contributed by atoms with Crippen molar-refractivity contribution in [2.24, 2.45) is 0 Å². The van der Waals surface area contributed by atoms with E-state index in [1.165, 1.54) is 0 Å². The van der Waals surface area contributed by atoms with Gasteiger partial charge in [0.15, 0.2) is 5.82 Å². The molecule has 0 radical (unpaired) electrons. The average Bonchev–Trinajstić information content (AvgIpc) is 2.59. The van der Waals surface area contributed by atoms with Crippen LogP contribution in [0.25, 0.3) is 0 Å². The first-order chi connectivity index (χ1) is 6.63. The maximum absolute atomic E-state index is 11.3. The van der Waals surface area contributed by atoms with E-state index in [4.69, 9.17) is 4.52 Å². The number of carbonyl (C=O) groups is 1. The van der Waals surface area contributed by atoms with E-state index in [1.54, 1.807) is 18.9 Å². The molecule has 0 bridgehead atoms. The highest BCUT2D eigenvalue weighted by Gasteiger charge is 2.07. The van der Waals surface area contributed by atoms with E-state index in [1.807, 2.05) is 6.92 Å². The fourth-order valence-corrected chi connectivity index (χ4v) is 0.842. The monoisotopic (exact) mass is 198 g/mol. The normalized spacial score (nSPS) is 9.93. The highest BCUT2D eigenvalue weighted by atomic mass is 16.5. The van der Waals surface area contributed by atoms with E-state index in [2.05, 4.69) is 15.5 Å². The van der Waals surface area contributed by atoms with E-state index in [0.717, 1.165) is 0 Å². The van der Waals surface area contributed by atoms with Gasteiger partial charge < -0.3 is 14.7 Å². The third-order valence-corrected chi connectivity index (χ3v) is 1.78. The molecule has 0 spiro atoms. The predicted octanol–water partition coefficient (Wildman–Crippen LogP) is 0.539. The maximum atomic E-state index is 11.3. The summed E-state index contributed by atoms with van der Waals surface area (Å²) in [5, 5.41) is 6.26. The number of aromatic nitrogens is 2. The van der Waals surface area contributed by atoms with Crippen molar-refractivity contribution >= 4 is 6.03 Å². The lowest BCUT2D eigenvalue weighted by Crippen LogP contribution is -2.36. The molecular formula is C8H14N4O2. The zero-order valence-electron chi connectivity index (χ0n) is 8.57. The van der Waals surface area contributed by atoms with Crippen molar-refractivity contribution in [1.29, 1.82) is 0 Å². The molecule has 1 heterocycles. The molecule has 78 valence electrons. The topological polar surface area (TPSA) is 71.3 Å². The Bertz CT molecular complexity index is 310. The van der Waals surface area contributed by atoms with Crippen molar-refractivity contribution in [2.45, 2.75) is 20.4 Å². The standard InChI is InChI=1S/C8H14N4O2/c1-4-12(3)8(13)9-5-7-10-6(2)11-14-7/h4-5H2,1-3H3,(H,9,13). The van der Waals surface area contributed by atoms with E-state index in [0.29, 0.717) is 18.3 Å². The van der Waals surface area contributed by atoms with Crippen molar-refractivity contribution in [2.75, 3.05) is 13.6 Å². The molecule has 0 saturated heterocycles. The third-order valence-electron chi connectivity index (χ3n) is 1.78. The Morgan fingerprint density at radius 3 is 2.86 bits per heavy atom. The molecule has 6 heteroatoms. The first-order valence-electron chi connectivity index (χ1n) is 4.41. The fraction of sp³-hybridized carbons (Fsp3) is 0.625. The Morgan fingerprint density at radius 1 is 1.64 bits per heavy atom. The minimum absolute atomic E-state index is 0.150. The van der Waals surface area contributed by atoms with E-state index < -0.39 is 0 Å². The molecule has 14 heavy (non-hydrogen) atoms. The lowest BCUT2D eigenvalue weighted by molar-refractivity contribution is 0.209. The van der Waals surface area contributed by atoms with Crippen LogP contribution in [0.1, 0.15) is 18.6 Å². The minimum atomic E-state index is -0.150. The molecule has 0 saturated carbocycles. The van der Waals surface area contributed by atoms with Gasteiger partial charge in [0.2, 0.25) is 5.89 Å². The largest absolute Gasteiger partial charge is 0.337 e. The molecule has 1 aromatic rings. The summed E-state index contributed by atoms with van der Waals surface area (Å²) < 4.78 is 4.83. The average molecular weight is 198 g/mol. The van der Waals surface area contributed by atoms with Gasteiger partial charge in [-0.2, -0.15) is 4.98 Å². The van der Waals surface area contributed by atoms with Crippen molar-refractivity contribution in [3.63, 3.8) is 0 Å². The number of amides is 2. The van der Waals surface area contributed by atoms with Gasteiger partial charge in [-0.3, -0.25) is 0 Å². The quantitative estimate of drug-likeness (QED) is 0.769. The molecule has 6 nitrogen and oxygen atoms in total. The summed E-state index contributed by atoms with van der Waals surface area (Å²) in [5.74, 6) is 0.985. The molecule has 0 aliphatic carbocycles. The molecule has 2 amide bonds.